The maximum Gasteiger partial charge on any atom is 0.174 e. The van der Waals surface area contributed by atoms with E-state index in [4.69, 9.17) is 14.2 Å². The van der Waals surface area contributed by atoms with Gasteiger partial charge in [-0.25, -0.2) is 0 Å². The number of unbranched alkanes of at least 4 members (excludes halogenated alkanes) is 8. The van der Waals surface area contributed by atoms with Crippen LogP contribution in [0.4, 0.5) is 0 Å². The summed E-state index contributed by atoms with van der Waals surface area (Å²) >= 11 is 0. The SMILES string of the molecule is CCCCCCCC1(OC2(CCCCCCC)OCCCC2C)OCCCC1C. The number of rotatable bonds is 14. The lowest BCUT2D eigenvalue weighted by molar-refractivity contribution is -0.406. The molecule has 2 aliphatic heterocycles. The largest absolute Gasteiger partial charge is 0.350 e. The van der Waals surface area contributed by atoms with Crippen LogP contribution in [0.25, 0.3) is 0 Å². The molecular formula is C26H50O3. The molecule has 0 saturated carbocycles. The van der Waals surface area contributed by atoms with Crippen LogP contribution in [0.15, 0.2) is 0 Å². The summed E-state index contributed by atoms with van der Waals surface area (Å²) in [6.07, 6.45) is 19.7. The zero-order chi connectivity index (χ0) is 21.0. The van der Waals surface area contributed by atoms with Crippen LogP contribution in [0.3, 0.4) is 0 Å². The second kappa shape index (κ2) is 13.3. The molecule has 0 spiro atoms. The Morgan fingerprint density at radius 3 is 1.45 bits per heavy atom. The topological polar surface area (TPSA) is 27.7 Å². The monoisotopic (exact) mass is 410 g/mol. The highest BCUT2D eigenvalue weighted by molar-refractivity contribution is 4.88. The maximum absolute atomic E-state index is 7.10. The molecule has 2 saturated heterocycles. The normalized spacial score (nSPS) is 33.1. The number of hydrogen-bond donors (Lipinski definition) is 0. The van der Waals surface area contributed by atoms with E-state index in [2.05, 4.69) is 27.7 Å². The Labute approximate surface area is 181 Å². The summed E-state index contributed by atoms with van der Waals surface area (Å²) in [5.74, 6) is -0.00636. The van der Waals surface area contributed by atoms with Crippen LogP contribution < -0.4 is 0 Å². The zero-order valence-corrected chi connectivity index (χ0v) is 20.1. The second-order valence-electron chi connectivity index (χ2n) is 9.84. The lowest BCUT2D eigenvalue weighted by Gasteiger charge is -2.51. The molecule has 2 aliphatic rings. The maximum atomic E-state index is 7.10. The van der Waals surface area contributed by atoms with Gasteiger partial charge in [-0.2, -0.15) is 0 Å². The summed E-state index contributed by atoms with van der Waals surface area (Å²) in [7, 11) is 0. The highest BCUT2D eigenvalue weighted by Crippen LogP contribution is 2.46. The van der Waals surface area contributed by atoms with Crippen LogP contribution in [-0.2, 0) is 14.2 Å². The minimum absolute atomic E-state index is 0.442. The fourth-order valence-corrected chi connectivity index (χ4v) is 5.23. The quantitative estimate of drug-likeness (QED) is 0.271. The van der Waals surface area contributed by atoms with Crippen molar-refractivity contribution in [2.45, 2.75) is 142 Å². The summed E-state index contributed by atoms with van der Waals surface area (Å²) < 4.78 is 20.1. The highest BCUT2D eigenvalue weighted by atomic mass is 16.8. The van der Waals surface area contributed by atoms with Crippen LogP contribution >= 0.6 is 0 Å². The van der Waals surface area contributed by atoms with Gasteiger partial charge in [-0.15, -0.1) is 0 Å². The molecule has 2 heterocycles. The lowest BCUT2D eigenvalue weighted by atomic mass is 9.85. The van der Waals surface area contributed by atoms with E-state index in [1.807, 2.05) is 0 Å². The average Bonchev–Trinajstić information content (AvgIpc) is 2.72. The summed E-state index contributed by atoms with van der Waals surface area (Å²) in [6, 6.07) is 0. The predicted molar refractivity (Wildman–Crippen MR) is 122 cm³/mol. The van der Waals surface area contributed by atoms with Gasteiger partial charge in [0.15, 0.2) is 11.6 Å². The Hall–Kier alpha value is -0.120. The van der Waals surface area contributed by atoms with Crippen molar-refractivity contribution in [3.63, 3.8) is 0 Å². The fraction of sp³-hybridized carbons (Fsp3) is 1.00. The Morgan fingerprint density at radius 1 is 0.655 bits per heavy atom. The van der Waals surface area contributed by atoms with Crippen LogP contribution in [0.1, 0.15) is 130 Å². The lowest BCUT2D eigenvalue weighted by Crippen LogP contribution is -2.57. The first kappa shape index (κ1) is 25.1. The van der Waals surface area contributed by atoms with Crippen LogP contribution in [0.5, 0.6) is 0 Å². The summed E-state index contributed by atoms with van der Waals surface area (Å²) in [4.78, 5) is 0. The average molecular weight is 411 g/mol. The molecule has 0 aromatic rings. The molecule has 2 rings (SSSR count). The van der Waals surface area contributed by atoms with E-state index in [-0.39, 0.29) is 0 Å². The van der Waals surface area contributed by atoms with Crippen molar-refractivity contribution in [1.29, 1.82) is 0 Å². The Balaban J connectivity index is 2.07. The number of hydrogen-bond acceptors (Lipinski definition) is 3. The first-order chi connectivity index (χ1) is 14.1. The van der Waals surface area contributed by atoms with Gasteiger partial charge in [-0.05, 0) is 38.5 Å². The zero-order valence-electron chi connectivity index (χ0n) is 20.1. The van der Waals surface area contributed by atoms with Crippen molar-refractivity contribution in [2.24, 2.45) is 11.8 Å². The van der Waals surface area contributed by atoms with Gasteiger partial charge in [0.1, 0.15) is 0 Å². The minimum atomic E-state index is -0.445. The Kier molecular flexibility index (Phi) is 11.6. The molecule has 0 N–H and O–H groups in total. The molecule has 3 nitrogen and oxygen atoms in total. The van der Waals surface area contributed by atoms with E-state index in [9.17, 15) is 0 Å². The minimum Gasteiger partial charge on any atom is -0.350 e. The van der Waals surface area contributed by atoms with E-state index in [0.29, 0.717) is 11.8 Å². The van der Waals surface area contributed by atoms with Crippen LogP contribution in [0.2, 0.25) is 0 Å². The molecule has 0 radical (unpaired) electrons. The van der Waals surface area contributed by atoms with E-state index < -0.39 is 11.6 Å². The molecule has 0 amide bonds. The molecule has 4 unspecified atom stereocenters. The molecule has 2 fully saturated rings. The third kappa shape index (κ3) is 7.51. The standard InChI is InChI=1S/C26H50O3/c1-5-7-9-11-13-19-25(23(3)17-15-21-27-25)29-26(20-14-12-10-8-6-2)24(4)18-16-22-28-26/h23-24H,5-22H2,1-4H3. The van der Waals surface area contributed by atoms with Gasteiger partial charge in [0.25, 0.3) is 0 Å². The first-order valence-corrected chi connectivity index (χ1v) is 13.1. The molecule has 0 aromatic carbocycles. The third-order valence-electron chi connectivity index (χ3n) is 7.36. The van der Waals surface area contributed by atoms with Crippen molar-refractivity contribution in [2.75, 3.05) is 13.2 Å². The summed E-state index contributed by atoms with van der Waals surface area (Å²) in [6.45, 7) is 10.9. The Morgan fingerprint density at radius 2 is 1.07 bits per heavy atom. The molecule has 29 heavy (non-hydrogen) atoms. The molecule has 172 valence electrons. The van der Waals surface area contributed by atoms with E-state index >= 15 is 0 Å². The second-order valence-corrected chi connectivity index (χ2v) is 9.84. The molecule has 0 aliphatic carbocycles. The van der Waals surface area contributed by atoms with Gasteiger partial charge in [0.05, 0.1) is 13.2 Å². The molecular weight excluding hydrogens is 360 g/mol. The first-order valence-electron chi connectivity index (χ1n) is 13.1. The summed E-state index contributed by atoms with van der Waals surface area (Å²) in [5.41, 5.74) is 0. The molecule has 4 atom stereocenters. The van der Waals surface area contributed by atoms with E-state index in [0.717, 1.165) is 38.9 Å². The van der Waals surface area contributed by atoms with Crippen molar-refractivity contribution < 1.29 is 14.2 Å². The predicted octanol–water partition coefficient (Wildman–Crippen LogP) is 8.01. The van der Waals surface area contributed by atoms with Crippen molar-refractivity contribution in [1.82, 2.24) is 0 Å². The van der Waals surface area contributed by atoms with Gasteiger partial charge in [-0.3, -0.25) is 0 Å². The van der Waals surface area contributed by atoms with Gasteiger partial charge >= 0.3 is 0 Å². The van der Waals surface area contributed by atoms with Gasteiger partial charge in [0, 0.05) is 24.7 Å². The molecule has 0 aromatic heterocycles. The van der Waals surface area contributed by atoms with Crippen LogP contribution in [0, 0.1) is 11.8 Å². The van der Waals surface area contributed by atoms with Gasteiger partial charge < -0.3 is 14.2 Å². The van der Waals surface area contributed by atoms with E-state index in [1.165, 1.54) is 77.0 Å². The van der Waals surface area contributed by atoms with Gasteiger partial charge in [-0.1, -0.05) is 79.1 Å². The Bertz CT molecular complexity index is 388. The van der Waals surface area contributed by atoms with Gasteiger partial charge in [0.2, 0.25) is 0 Å². The van der Waals surface area contributed by atoms with Crippen molar-refractivity contribution in [3.05, 3.63) is 0 Å². The fourth-order valence-electron chi connectivity index (χ4n) is 5.23. The third-order valence-corrected chi connectivity index (χ3v) is 7.36. The summed E-state index contributed by atoms with van der Waals surface area (Å²) in [5, 5.41) is 0. The molecule has 0 bridgehead atoms. The van der Waals surface area contributed by atoms with Crippen molar-refractivity contribution >= 4 is 0 Å². The number of ether oxygens (including phenoxy) is 3. The molecule has 3 heteroatoms. The van der Waals surface area contributed by atoms with Crippen LogP contribution in [-0.4, -0.2) is 24.8 Å². The van der Waals surface area contributed by atoms with Crippen molar-refractivity contribution in [3.8, 4) is 0 Å². The van der Waals surface area contributed by atoms with E-state index in [1.54, 1.807) is 0 Å². The highest BCUT2D eigenvalue weighted by Gasteiger charge is 2.50. The smallest absolute Gasteiger partial charge is 0.174 e.